The van der Waals surface area contributed by atoms with Gasteiger partial charge in [-0.15, -0.1) is 0 Å². The smallest absolute Gasteiger partial charge is 0.145 e. The summed E-state index contributed by atoms with van der Waals surface area (Å²) in [6.45, 7) is 6.08. The monoisotopic (exact) mass is 212 g/mol. The summed E-state index contributed by atoms with van der Waals surface area (Å²) in [6.07, 6.45) is 7.76. The molecule has 0 aliphatic rings. The Hall–Kier alpha value is -0.660. The zero-order valence-electron chi connectivity index (χ0n) is 10.3. The maximum atomic E-state index is 11.6. The Labute approximate surface area is 93.4 Å². The lowest BCUT2D eigenvalue weighted by atomic mass is 9.81. The zero-order valence-corrected chi connectivity index (χ0v) is 10.3. The van der Waals surface area contributed by atoms with Crippen LogP contribution in [0.5, 0.6) is 0 Å². The first-order valence-corrected chi connectivity index (χ1v) is 6.01. The van der Waals surface area contributed by atoms with Gasteiger partial charge in [-0.25, -0.2) is 0 Å². The summed E-state index contributed by atoms with van der Waals surface area (Å²) in [4.78, 5) is 21.8. The molecule has 0 amide bonds. The van der Waals surface area contributed by atoms with Crippen molar-refractivity contribution >= 4 is 12.1 Å². The fourth-order valence-electron chi connectivity index (χ4n) is 1.66. The van der Waals surface area contributed by atoms with Crippen LogP contribution in [0.15, 0.2) is 0 Å². The van der Waals surface area contributed by atoms with E-state index in [0.717, 1.165) is 12.8 Å². The molecule has 15 heavy (non-hydrogen) atoms. The van der Waals surface area contributed by atoms with Gasteiger partial charge in [0.25, 0.3) is 0 Å². The summed E-state index contributed by atoms with van der Waals surface area (Å²) in [5.74, 6) is 0.0768. The quantitative estimate of drug-likeness (QED) is 0.333. The first-order chi connectivity index (χ1) is 7.04. The van der Waals surface area contributed by atoms with Crippen molar-refractivity contribution in [2.24, 2.45) is 5.41 Å². The van der Waals surface area contributed by atoms with Crippen LogP contribution < -0.4 is 0 Å². The van der Waals surface area contributed by atoms with E-state index in [9.17, 15) is 9.59 Å². The van der Waals surface area contributed by atoms with Gasteiger partial charge in [0.2, 0.25) is 0 Å². The molecule has 0 spiro atoms. The molecule has 0 rings (SSSR count). The van der Waals surface area contributed by atoms with Crippen LogP contribution in [0.2, 0.25) is 0 Å². The first-order valence-electron chi connectivity index (χ1n) is 6.01. The molecule has 0 aromatic heterocycles. The van der Waals surface area contributed by atoms with Crippen LogP contribution >= 0.6 is 0 Å². The molecule has 0 unspecified atom stereocenters. The lowest BCUT2D eigenvalue weighted by Gasteiger charge is -2.21. The summed E-state index contributed by atoms with van der Waals surface area (Å²) in [7, 11) is 0. The number of hydrogen-bond donors (Lipinski definition) is 0. The molecule has 0 radical (unpaired) electrons. The molecule has 0 aliphatic carbocycles. The Morgan fingerprint density at radius 3 is 2.27 bits per heavy atom. The highest BCUT2D eigenvalue weighted by atomic mass is 16.1. The highest BCUT2D eigenvalue weighted by molar-refractivity contribution is 5.93. The second-order valence-electron chi connectivity index (χ2n) is 4.84. The Balaban J connectivity index is 3.73. The number of unbranched alkanes of at least 4 members (excludes halogenated alkanes) is 4. The summed E-state index contributed by atoms with van der Waals surface area (Å²) >= 11 is 0. The Bertz CT molecular complexity index is 195. The van der Waals surface area contributed by atoms with Crippen LogP contribution in [0.4, 0.5) is 0 Å². The minimum atomic E-state index is -0.312. The minimum Gasteiger partial charge on any atom is -0.303 e. The number of ketones is 1. The van der Waals surface area contributed by atoms with E-state index < -0.39 is 0 Å². The van der Waals surface area contributed by atoms with E-state index in [4.69, 9.17) is 0 Å². The molecule has 0 fully saturated rings. The standard InChI is InChI=1S/C13H24O2/c1-4-5-6-7-8-10-13(2,3)12(15)9-11-14/h11H,4-10H2,1-3H3. The summed E-state index contributed by atoms with van der Waals surface area (Å²) in [6, 6.07) is 0. The lowest BCUT2D eigenvalue weighted by molar-refractivity contribution is -0.129. The number of aldehydes is 1. The Morgan fingerprint density at radius 2 is 1.73 bits per heavy atom. The highest BCUT2D eigenvalue weighted by Crippen LogP contribution is 2.26. The summed E-state index contributed by atoms with van der Waals surface area (Å²) in [5, 5.41) is 0. The van der Waals surface area contributed by atoms with Crippen molar-refractivity contribution in [1.29, 1.82) is 0 Å². The molecule has 0 atom stereocenters. The van der Waals surface area contributed by atoms with Gasteiger partial charge in [-0.1, -0.05) is 52.9 Å². The Kier molecular flexibility index (Phi) is 7.27. The molecule has 2 heteroatoms. The fourth-order valence-corrected chi connectivity index (χ4v) is 1.66. The maximum Gasteiger partial charge on any atom is 0.145 e. The predicted molar refractivity (Wildman–Crippen MR) is 62.8 cm³/mol. The van der Waals surface area contributed by atoms with Crippen molar-refractivity contribution in [2.75, 3.05) is 0 Å². The van der Waals surface area contributed by atoms with Crippen molar-refractivity contribution in [1.82, 2.24) is 0 Å². The topological polar surface area (TPSA) is 34.1 Å². The van der Waals surface area contributed by atoms with Gasteiger partial charge in [0, 0.05) is 5.41 Å². The van der Waals surface area contributed by atoms with Crippen LogP contribution in [-0.4, -0.2) is 12.1 Å². The van der Waals surface area contributed by atoms with Crippen LogP contribution in [0.25, 0.3) is 0 Å². The van der Waals surface area contributed by atoms with E-state index in [0.29, 0.717) is 6.29 Å². The summed E-state index contributed by atoms with van der Waals surface area (Å²) < 4.78 is 0. The number of Topliss-reactive ketones (excluding diaryl/α,β-unsaturated/α-hetero) is 1. The third-order valence-electron chi connectivity index (χ3n) is 2.93. The molecule has 0 aliphatic heterocycles. The maximum absolute atomic E-state index is 11.6. The second kappa shape index (κ2) is 7.61. The van der Waals surface area contributed by atoms with Gasteiger partial charge in [-0.2, -0.15) is 0 Å². The van der Waals surface area contributed by atoms with E-state index in [-0.39, 0.29) is 17.6 Å². The van der Waals surface area contributed by atoms with E-state index in [2.05, 4.69) is 6.92 Å². The van der Waals surface area contributed by atoms with Gasteiger partial charge >= 0.3 is 0 Å². The van der Waals surface area contributed by atoms with Crippen molar-refractivity contribution in [2.45, 2.75) is 65.7 Å². The zero-order chi connectivity index (χ0) is 11.7. The van der Waals surface area contributed by atoms with E-state index in [1.54, 1.807) is 0 Å². The van der Waals surface area contributed by atoms with E-state index in [1.165, 1.54) is 25.7 Å². The van der Waals surface area contributed by atoms with Gasteiger partial charge in [-0.05, 0) is 6.42 Å². The first kappa shape index (κ1) is 14.3. The van der Waals surface area contributed by atoms with Crippen molar-refractivity contribution in [3.05, 3.63) is 0 Å². The molecular weight excluding hydrogens is 188 g/mol. The minimum absolute atomic E-state index is 0.0714. The fraction of sp³-hybridized carbons (Fsp3) is 0.846. The number of rotatable bonds is 9. The van der Waals surface area contributed by atoms with Crippen molar-refractivity contribution in [3.8, 4) is 0 Å². The van der Waals surface area contributed by atoms with Crippen LogP contribution in [0.1, 0.15) is 65.7 Å². The highest BCUT2D eigenvalue weighted by Gasteiger charge is 2.25. The summed E-state index contributed by atoms with van der Waals surface area (Å²) in [5.41, 5.74) is -0.312. The molecule has 0 saturated carbocycles. The number of hydrogen-bond acceptors (Lipinski definition) is 2. The van der Waals surface area contributed by atoms with Gasteiger partial charge in [0.1, 0.15) is 12.1 Å². The van der Waals surface area contributed by atoms with Crippen molar-refractivity contribution < 1.29 is 9.59 Å². The third kappa shape index (κ3) is 6.43. The van der Waals surface area contributed by atoms with Crippen molar-refractivity contribution in [3.63, 3.8) is 0 Å². The third-order valence-corrected chi connectivity index (χ3v) is 2.93. The van der Waals surface area contributed by atoms with Gasteiger partial charge in [-0.3, -0.25) is 4.79 Å². The molecule has 0 aromatic carbocycles. The molecule has 0 N–H and O–H groups in total. The predicted octanol–water partition coefficient (Wildman–Crippen LogP) is 3.53. The number of carbonyl (C=O) groups excluding carboxylic acids is 2. The number of carbonyl (C=O) groups is 2. The lowest BCUT2D eigenvalue weighted by Crippen LogP contribution is -2.24. The molecule has 0 saturated heterocycles. The molecule has 2 nitrogen and oxygen atoms in total. The van der Waals surface area contributed by atoms with E-state index >= 15 is 0 Å². The van der Waals surface area contributed by atoms with Crippen LogP contribution in [0, 0.1) is 5.41 Å². The SMILES string of the molecule is CCCCCCCC(C)(C)C(=O)CC=O. The molecular formula is C13H24O2. The average molecular weight is 212 g/mol. The van der Waals surface area contributed by atoms with Gasteiger partial charge in [0.05, 0.1) is 6.42 Å². The molecule has 0 heterocycles. The Morgan fingerprint density at radius 1 is 1.13 bits per heavy atom. The van der Waals surface area contributed by atoms with Crippen LogP contribution in [-0.2, 0) is 9.59 Å². The van der Waals surface area contributed by atoms with Gasteiger partial charge in [0.15, 0.2) is 0 Å². The largest absolute Gasteiger partial charge is 0.303 e. The molecule has 0 bridgehead atoms. The second-order valence-corrected chi connectivity index (χ2v) is 4.84. The molecule has 88 valence electrons. The molecule has 0 aromatic rings. The van der Waals surface area contributed by atoms with Crippen LogP contribution in [0.3, 0.4) is 0 Å². The van der Waals surface area contributed by atoms with E-state index in [1.807, 2.05) is 13.8 Å². The average Bonchev–Trinajstić information content (AvgIpc) is 2.18. The normalized spacial score (nSPS) is 11.4. The van der Waals surface area contributed by atoms with Gasteiger partial charge < -0.3 is 4.79 Å².